The molecule has 0 bridgehead atoms. The fourth-order valence-corrected chi connectivity index (χ4v) is 4.63. The average molecular weight is 428 g/mol. The van der Waals surface area contributed by atoms with Gasteiger partial charge in [0.25, 0.3) is 5.91 Å². The Hall–Kier alpha value is -2.60. The number of amides is 1. The third kappa shape index (κ3) is 5.30. The Balaban J connectivity index is 1.88. The summed E-state index contributed by atoms with van der Waals surface area (Å²) in [6, 6.07) is 14.2. The molecular weight excluding hydrogens is 398 g/mol. The lowest BCUT2D eigenvalue weighted by Gasteiger charge is -2.28. The summed E-state index contributed by atoms with van der Waals surface area (Å²) in [5.74, 6) is 0.744. The molecule has 1 aliphatic heterocycles. The maximum absolute atomic E-state index is 13.4. The average Bonchev–Trinajstić information content (AvgIpc) is 3.08. The molecule has 1 amide bonds. The second kappa shape index (κ2) is 9.47. The second-order valence-electron chi connectivity index (χ2n) is 7.87. The lowest BCUT2D eigenvalue weighted by atomic mass is 10.0. The van der Waals surface area contributed by atoms with Gasteiger partial charge in [0.1, 0.15) is 5.75 Å². The molecule has 0 unspecified atom stereocenters. The standard InChI is InChI=1S/C24H29NO4S/c1-4-5-15-29-23-12-8-20(9-13-23)24(26)25(22-14-16-30(27,28)17-22)21-10-6-19(7-11-21)18(2)3/h6-14,16,18,22H,4-5,15,17H2,1-3H3/t22-/m0/s1. The van der Waals surface area contributed by atoms with E-state index < -0.39 is 15.9 Å². The van der Waals surface area contributed by atoms with Gasteiger partial charge in [-0.15, -0.1) is 0 Å². The predicted octanol–water partition coefficient (Wildman–Crippen LogP) is 4.95. The third-order valence-electron chi connectivity index (χ3n) is 5.17. The number of hydrogen-bond donors (Lipinski definition) is 0. The van der Waals surface area contributed by atoms with Crippen molar-refractivity contribution in [2.45, 2.75) is 45.6 Å². The largest absolute Gasteiger partial charge is 0.494 e. The first-order chi connectivity index (χ1) is 14.3. The molecule has 1 atom stereocenters. The Morgan fingerprint density at radius 3 is 2.30 bits per heavy atom. The highest BCUT2D eigenvalue weighted by molar-refractivity contribution is 7.94. The van der Waals surface area contributed by atoms with E-state index in [1.807, 2.05) is 24.3 Å². The summed E-state index contributed by atoms with van der Waals surface area (Å²) in [4.78, 5) is 15.0. The van der Waals surface area contributed by atoms with Gasteiger partial charge in [-0.3, -0.25) is 4.79 Å². The smallest absolute Gasteiger partial charge is 0.258 e. The van der Waals surface area contributed by atoms with E-state index in [9.17, 15) is 13.2 Å². The molecule has 0 saturated carbocycles. The molecule has 3 rings (SSSR count). The maximum Gasteiger partial charge on any atom is 0.258 e. The molecule has 0 spiro atoms. The Morgan fingerprint density at radius 1 is 1.10 bits per heavy atom. The highest BCUT2D eigenvalue weighted by atomic mass is 32.2. The van der Waals surface area contributed by atoms with Gasteiger partial charge in [-0.1, -0.05) is 39.3 Å². The predicted molar refractivity (Wildman–Crippen MR) is 121 cm³/mol. The summed E-state index contributed by atoms with van der Waals surface area (Å²) in [6.45, 7) is 6.95. The van der Waals surface area contributed by atoms with E-state index in [4.69, 9.17) is 4.74 Å². The van der Waals surface area contributed by atoms with E-state index in [-0.39, 0.29) is 11.7 Å². The number of sulfone groups is 1. The monoisotopic (exact) mass is 427 g/mol. The third-order valence-corrected chi connectivity index (χ3v) is 6.55. The number of carbonyl (C=O) groups excluding carboxylic acids is 1. The summed E-state index contributed by atoms with van der Waals surface area (Å²) in [5.41, 5.74) is 2.33. The van der Waals surface area contributed by atoms with Crippen LogP contribution in [0.4, 0.5) is 5.69 Å². The molecule has 0 N–H and O–H groups in total. The topological polar surface area (TPSA) is 63.7 Å². The molecule has 2 aromatic carbocycles. The van der Waals surface area contributed by atoms with E-state index in [1.165, 1.54) is 5.41 Å². The molecule has 0 saturated heterocycles. The highest BCUT2D eigenvalue weighted by Gasteiger charge is 2.32. The minimum Gasteiger partial charge on any atom is -0.494 e. The summed E-state index contributed by atoms with van der Waals surface area (Å²) in [7, 11) is -3.30. The van der Waals surface area contributed by atoms with Crippen LogP contribution in [0.3, 0.4) is 0 Å². The van der Waals surface area contributed by atoms with Gasteiger partial charge in [0, 0.05) is 16.7 Å². The second-order valence-corrected chi connectivity index (χ2v) is 9.80. The zero-order chi connectivity index (χ0) is 21.7. The van der Waals surface area contributed by atoms with Crippen LogP contribution in [-0.4, -0.2) is 32.7 Å². The van der Waals surface area contributed by atoms with Gasteiger partial charge in [0.2, 0.25) is 0 Å². The number of unbranched alkanes of at least 4 members (excludes halogenated alkanes) is 1. The molecule has 5 nitrogen and oxygen atoms in total. The van der Waals surface area contributed by atoms with Crippen molar-refractivity contribution in [3.05, 3.63) is 71.1 Å². The minimum atomic E-state index is -3.30. The van der Waals surface area contributed by atoms with Crippen LogP contribution < -0.4 is 9.64 Å². The Kier molecular flexibility index (Phi) is 6.98. The summed E-state index contributed by atoms with van der Waals surface area (Å²) < 4.78 is 29.7. The number of rotatable bonds is 8. The summed E-state index contributed by atoms with van der Waals surface area (Å²) in [5, 5.41) is 1.20. The molecule has 160 valence electrons. The van der Waals surface area contributed by atoms with E-state index in [0.717, 1.165) is 24.2 Å². The minimum absolute atomic E-state index is 0.108. The van der Waals surface area contributed by atoms with Crippen molar-refractivity contribution >= 4 is 21.4 Å². The molecule has 2 aromatic rings. The van der Waals surface area contributed by atoms with Crippen LogP contribution >= 0.6 is 0 Å². The summed E-state index contributed by atoms with van der Waals surface area (Å²) in [6.07, 6.45) is 3.62. The molecule has 1 heterocycles. The van der Waals surface area contributed by atoms with Gasteiger partial charge in [0.15, 0.2) is 9.84 Å². The lowest BCUT2D eigenvalue weighted by Crippen LogP contribution is -2.41. The van der Waals surface area contributed by atoms with Crippen LogP contribution in [0.15, 0.2) is 60.0 Å². The Morgan fingerprint density at radius 2 is 1.77 bits per heavy atom. The van der Waals surface area contributed by atoms with Crippen molar-refractivity contribution < 1.29 is 17.9 Å². The zero-order valence-corrected chi connectivity index (χ0v) is 18.6. The number of carbonyl (C=O) groups is 1. The van der Waals surface area contributed by atoms with E-state index in [2.05, 4.69) is 20.8 Å². The van der Waals surface area contributed by atoms with Crippen LogP contribution in [0, 0.1) is 0 Å². The molecule has 0 aliphatic carbocycles. The number of nitrogens with zero attached hydrogens (tertiary/aromatic N) is 1. The van der Waals surface area contributed by atoms with Crippen molar-refractivity contribution in [1.82, 2.24) is 0 Å². The van der Waals surface area contributed by atoms with Crippen molar-refractivity contribution in [2.75, 3.05) is 17.3 Å². The van der Waals surface area contributed by atoms with Gasteiger partial charge < -0.3 is 9.64 Å². The normalized spacial score (nSPS) is 17.3. The molecule has 0 fully saturated rings. The van der Waals surface area contributed by atoms with Crippen LogP contribution in [0.25, 0.3) is 0 Å². The van der Waals surface area contributed by atoms with Crippen molar-refractivity contribution in [3.8, 4) is 5.75 Å². The Bertz CT molecular complexity index is 993. The quantitative estimate of drug-likeness (QED) is 0.560. The molecular formula is C24H29NO4S. The van der Waals surface area contributed by atoms with E-state index >= 15 is 0 Å². The van der Waals surface area contributed by atoms with Crippen LogP contribution in [-0.2, 0) is 9.84 Å². The number of benzene rings is 2. The number of hydrogen-bond acceptors (Lipinski definition) is 4. The van der Waals surface area contributed by atoms with Gasteiger partial charge in [-0.05, 0) is 60.4 Å². The maximum atomic E-state index is 13.4. The van der Waals surface area contributed by atoms with Crippen LogP contribution in [0.1, 0.15) is 55.5 Å². The first-order valence-electron chi connectivity index (χ1n) is 10.4. The number of anilines is 1. The fourth-order valence-electron chi connectivity index (χ4n) is 3.37. The summed E-state index contributed by atoms with van der Waals surface area (Å²) >= 11 is 0. The van der Waals surface area contributed by atoms with Crippen LogP contribution in [0.2, 0.25) is 0 Å². The first-order valence-corrected chi connectivity index (χ1v) is 12.1. The molecule has 30 heavy (non-hydrogen) atoms. The van der Waals surface area contributed by atoms with Crippen molar-refractivity contribution in [2.24, 2.45) is 0 Å². The highest BCUT2D eigenvalue weighted by Crippen LogP contribution is 2.27. The SMILES string of the molecule is CCCCOc1ccc(C(=O)N(c2ccc(C(C)C)cc2)[C@H]2C=CS(=O)(=O)C2)cc1. The van der Waals surface area contributed by atoms with Crippen molar-refractivity contribution in [1.29, 1.82) is 0 Å². The first kappa shape index (κ1) is 22.1. The van der Waals surface area contributed by atoms with Gasteiger partial charge in [0.05, 0.1) is 18.4 Å². The van der Waals surface area contributed by atoms with E-state index in [0.29, 0.717) is 23.8 Å². The van der Waals surface area contributed by atoms with Gasteiger partial charge in [-0.2, -0.15) is 0 Å². The van der Waals surface area contributed by atoms with Gasteiger partial charge >= 0.3 is 0 Å². The fraction of sp³-hybridized carbons (Fsp3) is 0.375. The molecule has 0 aromatic heterocycles. The van der Waals surface area contributed by atoms with Crippen molar-refractivity contribution in [3.63, 3.8) is 0 Å². The number of ether oxygens (including phenoxy) is 1. The molecule has 1 aliphatic rings. The van der Waals surface area contributed by atoms with Crippen LogP contribution in [0.5, 0.6) is 5.75 Å². The Labute approximate surface area is 179 Å². The zero-order valence-electron chi connectivity index (χ0n) is 17.7. The van der Waals surface area contributed by atoms with Gasteiger partial charge in [-0.25, -0.2) is 8.42 Å². The molecule has 0 radical (unpaired) electrons. The van der Waals surface area contributed by atoms with E-state index in [1.54, 1.807) is 35.2 Å². The lowest BCUT2D eigenvalue weighted by molar-refractivity contribution is 0.0983. The molecule has 6 heteroatoms.